The second kappa shape index (κ2) is 10.2. The van der Waals surface area contributed by atoms with Crippen LogP contribution in [-0.2, 0) is 0 Å². The van der Waals surface area contributed by atoms with Crippen molar-refractivity contribution in [3.8, 4) is 0 Å². The summed E-state index contributed by atoms with van der Waals surface area (Å²) >= 11 is 3.63. The molecule has 0 aliphatic heterocycles. The molecule has 1 aromatic heterocycles. The van der Waals surface area contributed by atoms with Crippen molar-refractivity contribution in [3.63, 3.8) is 0 Å². The summed E-state index contributed by atoms with van der Waals surface area (Å²) < 4.78 is 0. The summed E-state index contributed by atoms with van der Waals surface area (Å²) in [5.74, 6) is 0. The minimum Gasteiger partial charge on any atom is -0.242 e. The zero-order valence-electron chi connectivity index (χ0n) is 13.2. The lowest BCUT2D eigenvalue weighted by molar-refractivity contribution is 0.724. The van der Waals surface area contributed by atoms with E-state index in [9.17, 15) is 0 Å². The summed E-state index contributed by atoms with van der Waals surface area (Å²) in [5, 5.41) is 3.27. The Bertz CT molecular complexity index is 444. The van der Waals surface area contributed by atoms with Gasteiger partial charge in [-0.15, -0.1) is 23.1 Å². The summed E-state index contributed by atoms with van der Waals surface area (Å²) in [6.45, 7) is 6.52. The normalized spacial score (nSPS) is 13.0. The number of hydrogen-bond donors (Lipinski definition) is 0. The van der Waals surface area contributed by atoms with Crippen molar-refractivity contribution in [1.29, 1.82) is 0 Å². The van der Waals surface area contributed by atoms with E-state index in [1.165, 1.54) is 31.3 Å². The lowest BCUT2D eigenvalue weighted by Gasteiger charge is -2.04. The fourth-order valence-electron chi connectivity index (χ4n) is 2.07. The summed E-state index contributed by atoms with van der Waals surface area (Å²) in [4.78, 5) is 6.03. The fraction of sp³-hybridized carbons (Fsp3) is 0.588. The first kappa shape index (κ1) is 17.5. The number of allylic oxidation sites excluding steroid dienone is 3. The molecule has 0 atom stereocenters. The third-order valence-electron chi connectivity index (χ3n) is 3.23. The number of hydrogen-bond acceptors (Lipinski definition) is 3. The number of unbranched alkanes of at least 4 members (excludes halogenated alkanes) is 2. The van der Waals surface area contributed by atoms with Crippen molar-refractivity contribution in [2.45, 2.75) is 59.3 Å². The highest BCUT2D eigenvalue weighted by Gasteiger charge is 1.98. The first-order valence-electron chi connectivity index (χ1n) is 7.48. The van der Waals surface area contributed by atoms with Crippen LogP contribution < -0.4 is 0 Å². The minimum absolute atomic E-state index is 1.11. The molecule has 3 heteroatoms. The summed E-state index contributed by atoms with van der Waals surface area (Å²) in [6, 6.07) is 0. The van der Waals surface area contributed by atoms with E-state index in [1.54, 1.807) is 16.2 Å². The van der Waals surface area contributed by atoms with Crippen molar-refractivity contribution < 1.29 is 0 Å². The molecule has 112 valence electrons. The summed E-state index contributed by atoms with van der Waals surface area (Å²) in [7, 11) is 0. The number of thiazole rings is 1. The number of thioether (sulfide) groups is 1. The molecule has 0 saturated carbocycles. The maximum Gasteiger partial charge on any atom is 0.0901 e. The molecule has 0 aromatic carbocycles. The average molecular weight is 310 g/mol. The van der Waals surface area contributed by atoms with Crippen LogP contribution in [0.25, 0.3) is 6.08 Å². The largest absolute Gasteiger partial charge is 0.242 e. The second-order valence-corrected chi connectivity index (χ2v) is 7.15. The van der Waals surface area contributed by atoms with Crippen LogP contribution in [0.3, 0.4) is 0 Å². The second-order valence-electron chi connectivity index (χ2n) is 5.15. The molecule has 0 unspecified atom stereocenters. The Kier molecular flexibility index (Phi) is 8.95. The Labute approximate surface area is 132 Å². The van der Waals surface area contributed by atoms with E-state index in [4.69, 9.17) is 0 Å². The van der Waals surface area contributed by atoms with Gasteiger partial charge in [0.25, 0.3) is 0 Å². The SMILES string of the molecule is CCCCC/C(=C\CC/C(C)=C/c1csc(C)n1)SC. The predicted octanol–water partition coefficient (Wildman–Crippen LogP) is 6.46. The molecule has 1 rings (SSSR count). The van der Waals surface area contributed by atoms with Gasteiger partial charge >= 0.3 is 0 Å². The van der Waals surface area contributed by atoms with Crippen molar-refractivity contribution in [1.82, 2.24) is 4.98 Å². The highest BCUT2D eigenvalue weighted by atomic mass is 32.2. The van der Waals surface area contributed by atoms with Crippen LogP contribution in [0.4, 0.5) is 0 Å². The number of nitrogens with zero attached hydrogens (tertiary/aromatic N) is 1. The molecule has 0 aliphatic carbocycles. The van der Waals surface area contributed by atoms with E-state index >= 15 is 0 Å². The van der Waals surface area contributed by atoms with Crippen LogP contribution in [0.2, 0.25) is 0 Å². The third kappa shape index (κ3) is 7.30. The highest BCUT2D eigenvalue weighted by Crippen LogP contribution is 2.22. The molecular formula is C17H27NS2. The molecule has 0 bridgehead atoms. The Morgan fingerprint density at radius 1 is 1.35 bits per heavy atom. The highest BCUT2D eigenvalue weighted by molar-refractivity contribution is 8.02. The van der Waals surface area contributed by atoms with Crippen LogP contribution in [0, 0.1) is 6.92 Å². The molecule has 0 amide bonds. The first-order chi connectivity index (χ1) is 9.65. The van der Waals surface area contributed by atoms with E-state index in [2.05, 4.69) is 49.5 Å². The van der Waals surface area contributed by atoms with Gasteiger partial charge in [0.15, 0.2) is 0 Å². The van der Waals surface area contributed by atoms with Crippen LogP contribution in [0.15, 0.2) is 21.9 Å². The van der Waals surface area contributed by atoms with Gasteiger partial charge in [-0.05, 0) is 56.8 Å². The van der Waals surface area contributed by atoms with Crippen LogP contribution >= 0.6 is 23.1 Å². The monoisotopic (exact) mass is 309 g/mol. The molecule has 0 N–H and O–H groups in total. The van der Waals surface area contributed by atoms with Gasteiger partial charge in [-0.3, -0.25) is 0 Å². The number of rotatable bonds is 9. The van der Waals surface area contributed by atoms with Crippen LogP contribution in [0.5, 0.6) is 0 Å². The van der Waals surface area contributed by atoms with Crippen molar-refractivity contribution in [2.24, 2.45) is 0 Å². The maximum absolute atomic E-state index is 4.48. The summed E-state index contributed by atoms with van der Waals surface area (Å²) in [6.07, 6.45) is 14.3. The molecule has 0 radical (unpaired) electrons. The van der Waals surface area contributed by atoms with E-state index in [-0.39, 0.29) is 0 Å². The number of aryl methyl sites for hydroxylation is 1. The fourth-order valence-corrected chi connectivity index (χ4v) is 3.27. The van der Waals surface area contributed by atoms with Gasteiger partial charge in [-0.25, -0.2) is 4.98 Å². The van der Waals surface area contributed by atoms with Crippen molar-refractivity contribution in [2.75, 3.05) is 6.26 Å². The minimum atomic E-state index is 1.11. The lowest BCUT2D eigenvalue weighted by Crippen LogP contribution is -1.82. The number of aromatic nitrogens is 1. The van der Waals surface area contributed by atoms with E-state index < -0.39 is 0 Å². The Balaban J connectivity index is 2.38. The van der Waals surface area contributed by atoms with Gasteiger partial charge in [-0.2, -0.15) is 0 Å². The Hall–Kier alpha value is -0.540. The zero-order valence-corrected chi connectivity index (χ0v) is 14.9. The van der Waals surface area contributed by atoms with Gasteiger partial charge in [0.2, 0.25) is 0 Å². The quantitative estimate of drug-likeness (QED) is 0.485. The maximum atomic E-state index is 4.48. The Morgan fingerprint density at radius 3 is 2.75 bits per heavy atom. The van der Waals surface area contributed by atoms with E-state index in [1.807, 2.05) is 11.8 Å². The lowest BCUT2D eigenvalue weighted by atomic mass is 10.1. The van der Waals surface area contributed by atoms with Crippen molar-refractivity contribution in [3.05, 3.63) is 32.6 Å². The molecule has 1 heterocycles. The summed E-state index contributed by atoms with van der Waals surface area (Å²) in [5.41, 5.74) is 2.53. The molecule has 20 heavy (non-hydrogen) atoms. The van der Waals surface area contributed by atoms with E-state index in [0.29, 0.717) is 0 Å². The molecule has 1 nitrogen and oxygen atoms in total. The predicted molar refractivity (Wildman–Crippen MR) is 95.5 cm³/mol. The molecule has 0 saturated heterocycles. The average Bonchev–Trinajstić information content (AvgIpc) is 2.82. The standard InChI is InChI=1S/C17H27NS2/c1-5-6-7-10-17(19-4)11-8-9-14(2)12-16-13-20-15(3)18-16/h11-13H,5-10H2,1-4H3/b14-12+,17-11+. The molecule has 0 spiro atoms. The zero-order chi connectivity index (χ0) is 14.8. The smallest absolute Gasteiger partial charge is 0.0901 e. The topological polar surface area (TPSA) is 12.9 Å². The van der Waals surface area contributed by atoms with Gasteiger partial charge in [0, 0.05) is 5.38 Å². The first-order valence-corrected chi connectivity index (χ1v) is 9.58. The third-order valence-corrected chi connectivity index (χ3v) is 4.92. The van der Waals surface area contributed by atoms with Crippen molar-refractivity contribution >= 4 is 29.2 Å². The van der Waals surface area contributed by atoms with Gasteiger partial charge < -0.3 is 0 Å². The van der Waals surface area contributed by atoms with E-state index in [0.717, 1.165) is 23.5 Å². The van der Waals surface area contributed by atoms with Crippen LogP contribution in [-0.4, -0.2) is 11.2 Å². The van der Waals surface area contributed by atoms with Gasteiger partial charge in [0.1, 0.15) is 0 Å². The Morgan fingerprint density at radius 2 is 2.15 bits per heavy atom. The molecule has 1 aromatic rings. The van der Waals surface area contributed by atoms with Gasteiger partial charge in [0.05, 0.1) is 10.7 Å². The van der Waals surface area contributed by atoms with Gasteiger partial charge in [-0.1, -0.05) is 31.4 Å². The molecule has 0 fully saturated rings. The molecular weight excluding hydrogens is 282 g/mol. The molecule has 0 aliphatic rings. The van der Waals surface area contributed by atoms with Crippen LogP contribution in [0.1, 0.15) is 63.1 Å².